The molecule has 1 heterocycles. The normalized spacial score (nSPS) is 11.5. The van der Waals surface area contributed by atoms with Crippen molar-refractivity contribution < 1.29 is 8.42 Å². The van der Waals surface area contributed by atoms with E-state index < -0.39 is 10.0 Å². The minimum Gasteiger partial charge on any atom is -0.384 e. The van der Waals surface area contributed by atoms with E-state index >= 15 is 0 Å². The van der Waals surface area contributed by atoms with E-state index in [-0.39, 0.29) is 0 Å². The van der Waals surface area contributed by atoms with Crippen molar-refractivity contribution >= 4 is 21.5 Å². The van der Waals surface area contributed by atoms with Crippen LogP contribution in [0.3, 0.4) is 0 Å². The van der Waals surface area contributed by atoms with E-state index in [1.54, 1.807) is 29.9 Å². The third kappa shape index (κ3) is 2.55. The van der Waals surface area contributed by atoms with Gasteiger partial charge in [0, 0.05) is 25.7 Å². The van der Waals surface area contributed by atoms with Crippen LogP contribution in [0.4, 0.5) is 11.5 Å². The molecule has 0 radical (unpaired) electrons. The molecule has 1 aromatic heterocycles. The van der Waals surface area contributed by atoms with Crippen LogP contribution in [-0.2, 0) is 17.1 Å². The van der Waals surface area contributed by atoms with Crippen molar-refractivity contribution in [3.05, 3.63) is 30.3 Å². The van der Waals surface area contributed by atoms with Crippen molar-refractivity contribution in [3.63, 3.8) is 0 Å². The molecule has 2 aromatic rings. The Kier molecular flexibility index (Phi) is 3.23. The minimum absolute atomic E-state index is 0.520. The first-order valence-electron chi connectivity index (χ1n) is 5.63. The maximum atomic E-state index is 11.7. The van der Waals surface area contributed by atoms with Crippen LogP contribution in [-0.4, -0.2) is 31.5 Å². The second kappa shape index (κ2) is 4.58. The fourth-order valence-corrected chi connectivity index (χ4v) is 2.27. The third-order valence-electron chi connectivity index (χ3n) is 2.93. The number of nitrogens with two attached hydrogens (primary N) is 1. The standard InChI is InChI=1S/C12H16N4O2S/c1-15-12(13)8-10(14-15)9-6-4-5-7-11(9)16(2)19(3,17)18/h4-8H,13H2,1-3H3. The van der Waals surface area contributed by atoms with E-state index in [1.807, 2.05) is 12.1 Å². The molecule has 0 aliphatic carbocycles. The van der Waals surface area contributed by atoms with Crippen molar-refractivity contribution in [1.82, 2.24) is 9.78 Å². The second-order valence-corrected chi connectivity index (χ2v) is 6.34. The van der Waals surface area contributed by atoms with Gasteiger partial charge in [-0.3, -0.25) is 8.99 Å². The number of nitrogen functional groups attached to an aromatic ring is 1. The van der Waals surface area contributed by atoms with Crippen LogP contribution in [0.15, 0.2) is 30.3 Å². The number of hydrogen-bond acceptors (Lipinski definition) is 4. The van der Waals surface area contributed by atoms with Crippen LogP contribution in [0.25, 0.3) is 11.3 Å². The average molecular weight is 280 g/mol. The summed E-state index contributed by atoms with van der Waals surface area (Å²) in [6.45, 7) is 0. The predicted octanol–water partition coefficient (Wildman–Crippen LogP) is 1.07. The van der Waals surface area contributed by atoms with Gasteiger partial charge in [-0.25, -0.2) is 8.42 Å². The molecule has 2 rings (SSSR count). The largest absolute Gasteiger partial charge is 0.384 e. The second-order valence-electron chi connectivity index (χ2n) is 4.33. The van der Waals surface area contributed by atoms with Gasteiger partial charge in [0.1, 0.15) is 5.82 Å². The molecule has 0 bridgehead atoms. The lowest BCUT2D eigenvalue weighted by Crippen LogP contribution is -2.25. The average Bonchev–Trinajstić information content (AvgIpc) is 2.67. The van der Waals surface area contributed by atoms with E-state index in [4.69, 9.17) is 5.73 Å². The zero-order valence-electron chi connectivity index (χ0n) is 11.0. The summed E-state index contributed by atoms with van der Waals surface area (Å²) in [5, 5.41) is 4.28. The van der Waals surface area contributed by atoms with E-state index in [0.717, 1.165) is 11.8 Å². The molecule has 0 atom stereocenters. The Hall–Kier alpha value is -2.02. The van der Waals surface area contributed by atoms with Gasteiger partial charge in [0.2, 0.25) is 10.0 Å². The lowest BCUT2D eigenvalue weighted by atomic mass is 10.1. The summed E-state index contributed by atoms with van der Waals surface area (Å²) in [6.07, 6.45) is 1.16. The van der Waals surface area contributed by atoms with Gasteiger partial charge in [-0.2, -0.15) is 5.10 Å². The van der Waals surface area contributed by atoms with Gasteiger partial charge in [-0.05, 0) is 6.07 Å². The summed E-state index contributed by atoms with van der Waals surface area (Å²) < 4.78 is 26.1. The lowest BCUT2D eigenvalue weighted by molar-refractivity contribution is 0.600. The van der Waals surface area contributed by atoms with Crippen molar-refractivity contribution in [2.75, 3.05) is 23.3 Å². The van der Waals surface area contributed by atoms with Crippen LogP contribution in [0, 0.1) is 0 Å². The molecule has 0 aliphatic rings. The maximum absolute atomic E-state index is 11.7. The quantitative estimate of drug-likeness (QED) is 0.911. The van der Waals surface area contributed by atoms with Gasteiger partial charge in [0.25, 0.3) is 0 Å². The molecule has 0 spiro atoms. The molecule has 7 heteroatoms. The molecule has 6 nitrogen and oxygen atoms in total. The van der Waals surface area contributed by atoms with Crippen molar-refractivity contribution in [3.8, 4) is 11.3 Å². The molecule has 0 unspecified atom stereocenters. The molecule has 1 aromatic carbocycles. The van der Waals surface area contributed by atoms with Gasteiger partial charge in [0.05, 0.1) is 17.6 Å². The summed E-state index contributed by atoms with van der Waals surface area (Å²) in [4.78, 5) is 0. The van der Waals surface area contributed by atoms with Gasteiger partial charge < -0.3 is 5.73 Å². The van der Waals surface area contributed by atoms with Crippen LogP contribution in [0.2, 0.25) is 0 Å². The number of nitrogens with zero attached hydrogens (tertiary/aromatic N) is 3. The van der Waals surface area contributed by atoms with Crippen molar-refractivity contribution in [2.24, 2.45) is 7.05 Å². The van der Waals surface area contributed by atoms with E-state index in [9.17, 15) is 8.42 Å². The number of sulfonamides is 1. The number of benzene rings is 1. The monoisotopic (exact) mass is 280 g/mol. The van der Waals surface area contributed by atoms with Crippen molar-refractivity contribution in [1.29, 1.82) is 0 Å². The van der Waals surface area contributed by atoms with Crippen LogP contribution >= 0.6 is 0 Å². The van der Waals surface area contributed by atoms with Gasteiger partial charge in [-0.1, -0.05) is 18.2 Å². The zero-order chi connectivity index (χ0) is 14.2. The zero-order valence-corrected chi connectivity index (χ0v) is 11.8. The molecule has 19 heavy (non-hydrogen) atoms. The van der Waals surface area contributed by atoms with Gasteiger partial charge in [0.15, 0.2) is 0 Å². The fraction of sp³-hybridized carbons (Fsp3) is 0.250. The van der Waals surface area contributed by atoms with Crippen LogP contribution < -0.4 is 10.0 Å². The highest BCUT2D eigenvalue weighted by Crippen LogP contribution is 2.31. The third-order valence-corrected chi connectivity index (χ3v) is 4.12. The fourth-order valence-electron chi connectivity index (χ4n) is 1.76. The van der Waals surface area contributed by atoms with E-state index in [2.05, 4.69) is 5.10 Å². The molecule has 2 N–H and O–H groups in total. The Morgan fingerprint density at radius 3 is 2.47 bits per heavy atom. The summed E-state index contributed by atoms with van der Waals surface area (Å²) in [5.74, 6) is 0.520. The number of anilines is 2. The number of para-hydroxylation sites is 1. The first-order valence-corrected chi connectivity index (χ1v) is 7.48. The minimum atomic E-state index is -3.32. The highest BCUT2D eigenvalue weighted by molar-refractivity contribution is 7.92. The number of rotatable bonds is 3. The Morgan fingerprint density at radius 2 is 1.95 bits per heavy atom. The molecular formula is C12H16N4O2S. The summed E-state index contributed by atoms with van der Waals surface area (Å²) in [6, 6.07) is 8.89. The number of aryl methyl sites for hydroxylation is 1. The highest BCUT2D eigenvalue weighted by atomic mass is 32.2. The molecule has 0 amide bonds. The first-order chi connectivity index (χ1) is 8.80. The number of hydrogen-bond donors (Lipinski definition) is 1. The Balaban J connectivity index is 2.59. The number of aromatic nitrogens is 2. The highest BCUT2D eigenvalue weighted by Gasteiger charge is 2.17. The molecule has 0 saturated heterocycles. The van der Waals surface area contributed by atoms with Gasteiger partial charge in [-0.15, -0.1) is 0 Å². The molecule has 0 aliphatic heterocycles. The molecule has 0 fully saturated rings. The Bertz CT molecular complexity index is 687. The summed E-state index contributed by atoms with van der Waals surface area (Å²) in [7, 11) is -0.0700. The van der Waals surface area contributed by atoms with Crippen LogP contribution in [0.1, 0.15) is 0 Å². The maximum Gasteiger partial charge on any atom is 0.232 e. The Labute approximate surface area is 112 Å². The first kappa shape index (κ1) is 13.4. The summed E-state index contributed by atoms with van der Waals surface area (Å²) in [5.41, 5.74) is 7.70. The summed E-state index contributed by atoms with van der Waals surface area (Å²) >= 11 is 0. The van der Waals surface area contributed by atoms with Crippen LogP contribution in [0.5, 0.6) is 0 Å². The lowest BCUT2D eigenvalue weighted by Gasteiger charge is -2.19. The molecule has 102 valence electrons. The molecule has 0 saturated carbocycles. The SMILES string of the molecule is CN(c1ccccc1-c1cc(N)n(C)n1)S(C)(=O)=O. The van der Waals surface area contributed by atoms with Crippen molar-refractivity contribution in [2.45, 2.75) is 0 Å². The van der Waals surface area contributed by atoms with E-state index in [1.165, 1.54) is 11.4 Å². The van der Waals surface area contributed by atoms with Gasteiger partial charge >= 0.3 is 0 Å². The van der Waals surface area contributed by atoms with E-state index in [0.29, 0.717) is 17.2 Å². The smallest absolute Gasteiger partial charge is 0.232 e. The molecular weight excluding hydrogens is 264 g/mol. The predicted molar refractivity (Wildman–Crippen MR) is 76.3 cm³/mol. The topological polar surface area (TPSA) is 81.2 Å². The Morgan fingerprint density at radius 1 is 1.32 bits per heavy atom.